The first-order chi connectivity index (χ1) is 6.66. The van der Waals surface area contributed by atoms with Crippen LogP contribution in [0.3, 0.4) is 0 Å². The molecule has 2 rings (SSSR count). The number of rotatable bonds is 1. The van der Waals surface area contributed by atoms with Gasteiger partial charge in [0.2, 0.25) is 6.30 Å². The van der Waals surface area contributed by atoms with Crippen molar-refractivity contribution in [2.75, 3.05) is 5.01 Å². The second-order valence-electron chi connectivity index (χ2n) is 2.95. The number of nitrogens with one attached hydrogen (secondary N) is 1. The minimum Gasteiger partial charge on any atom is -0.384 e. The number of hydrogen-bond acceptors (Lipinski definition) is 3. The molecule has 0 bridgehead atoms. The SMILES string of the molecule is NC1=CC(F)N(c2ccc(F)cc2)N1. The quantitative estimate of drug-likeness (QED) is 0.665. The van der Waals surface area contributed by atoms with Gasteiger partial charge in [0, 0.05) is 6.08 Å². The number of hydrogen-bond donors (Lipinski definition) is 2. The normalized spacial score (nSPS) is 20.6. The summed E-state index contributed by atoms with van der Waals surface area (Å²) in [6, 6.07) is 5.47. The molecule has 3 N–H and O–H groups in total. The third kappa shape index (κ3) is 1.48. The molecule has 1 atom stereocenters. The van der Waals surface area contributed by atoms with E-state index in [0.717, 1.165) is 0 Å². The van der Waals surface area contributed by atoms with Gasteiger partial charge in [-0.3, -0.25) is 5.43 Å². The van der Waals surface area contributed by atoms with Crippen molar-refractivity contribution in [3.8, 4) is 0 Å². The molecule has 1 unspecified atom stereocenters. The molecule has 0 saturated carbocycles. The van der Waals surface area contributed by atoms with Crippen LogP contribution in [0.25, 0.3) is 0 Å². The largest absolute Gasteiger partial charge is 0.384 e. The van der Waals surface area contributed by atoms with Crippen LogP contribution in [0.2, 0.25) is 0 Å². The maximum absolute atomic E-state index is 13.2. The van der Waals surface area contributed by atoms with Crippen LogP contribution in [0, 0.1) is 5.82 Å². The number of hydrazine groups is 1. The molecule has 0 aliphatic carbocycles. The summed E-state index contributed by atoms with van der Waals surface area (Å²) < 4.78 is 25.8. The van der Waals surface area contributed by atoms with Crippen LogP contribution in [-0.2, 0) is 0 Å². The molecule has 1 aliphatic heterocycles. The number of halogens is 2. The van der Waals surface area contributed by atoms with Crippen LogP contribution < -0.4 is 16.2 Å². The summed E-state index contributed by atoms with van der Waals surface area (Å²) >= 11 is 0. The molecule has 0 saturated heterocycles. The Hall–Kier alpha value is -1.78. The first kappa shape index (κ1) is 8.80. The zero-order chi connectivity index (χ0) is 10.1. The Morgan fingerprint density at radius 3 is 2.43 bits per heavy atom. The number of anilines is 1. The second-order valence-corrected chi connectivity index (χ2v) is 2.95. The molecule has 0 amide bonds. The molecule has 1 aliphatic rings. The summed E-state index contributed by atoms with van der Waals surface area (Å²) in [6.45, 7) is 0. The van der Waals surface area contributed by atoms with Gasteiger partial charge in [-0.05, 0) is 24.3 Å². The molecule has 74 valence electrons. The molecule has 1 aromatic carbocycles. The van der Waals surface area contributed by atoms with Crippen molar-refractivity contribution in [1.82, 2.24) is 5.43 Å². The predicted molar refractivity (Wildman–Crippen MR) is 49.2 cm³/mol. The van der Waals surface area contributed by atoms with Crippen molar-refractivity contribution in [1.29, 1.82) is 0 Å². The van der Waals surface area contributed by atoms with Crippen LogP contribution in [0.1, 0.15) is 0 Å². The van der Waals surface area contributed by atoms with Crippen LogP contribution in [-0.4, -0.2) is 6.30 Å². The van der Waals surface area contributed by atoms with Crippen LogP contribution >= 0.6 is 0 Å². The molecule has 14 heavy (non-hydrogen) atoms. The van der Waals surface area contributed by atoms with Crippen LogP contribution in [0.4, 0.5) is 14.5 Å². The number of nitrogens with zero attached hydrogens (tertiary/aromatic N) is 1. The summed E-state index contributed by atoms with van der Waals surface area (Å²) in [6.07, 6.45) is -0.0796. The Bertz CT molecular complexity index is 361. The molecule has 0 fully saturated rings. The van der Waals surface area contributed by atoms with Gasteiger partial charge in [-0.2, -0.15) is 0 Å². The minimum atomic E-state index is -1.32. The van der Waals surface area contributed by atoms with Gasteiger partial charge in [0.15, 0.2) is 0 Å². The summed E-state index contributed by atoms with van der Waals surface area (Å²) in [4.78, 5) is 0. The van der Waals surface area contributed by atoms with E-state index in [-0.39, 0.29) is 11.6 Å². The van der Waals surface area contributed by atoms with Gasteiger partial charge in [-0.15, -0.1) is 0 Å². The van der Waals surface area contributed by atoms with Crippen molar-refractivity contribution in [2.24, 2.45) is 5.73 Å². The van der Waals surface area contributed by atoms with Gasteiger partial charge >= 0.3 is 0 Å². The highest BCUT2D eigenvalue weighted by atomic mass is 19.1. The lowest BCUT2D eigenvalue weighted by Gasteiger charge is -2.21. The summed E-state index contributed by atoms with van der Waals surface area (Å²) in [5.41, 5.74) is 8.51. The third-order valence-corrected chi connectivity index (χ3v) is 1.92. The molecule has 0 radical (unpaired) electrons. The van der Waals surface area contributed by atoms with E-state index < -0.39 is 6.30 Å². The van der Waals surface area contributed by atoms with E-state index in [1.807, 2.05) is 0 Å². The zero-order valence-corrected chi connectivity index (χ0v) is 7.24. The smallest absolute Gasteiger partial charge is 0.212 e. The van der Waals surface area contributed by atoms with Crippen molar-refractivity contribution in [2.45, 2.75) is 6.30 Å². The molecule has 1 heterocycles. The first-order valence-corrected chi connectivity index (χ1v) is 4.09. The van der Waals surface area contributed by atoms with Crippen molar-refractivity contribution >= 4 is 5.69 Å². The Kier molecular flexibility index (Phi) is 1.99. The molecular formula is C9H9F2N3. The molecular weight excluding hydrogens is 188 g/mol. The fourth-order valence-corrected chi connectivity index (χ4v) is 1.27. The average molecular weight is 197 g/mol. The number of nitrogens with two attached hydrogens (primary N) is 1. The Balaban J connectivity index is 2.21. The summed E-state index contributed by atoms with van der Waals surface area (Å²) in [5.74, 6) is -0.105. The topological polar surface area (TPSA) is 41.3 Å². The molecule has 5 heteroatoms. The minimum absolute atomic E-state index is 0.252. The lowest BCUT2D eigenvalue weighted by atomic mass is 10.3. The predicted octanol–water partition coefficient (Wildman–Crippen LogP) is 1.25. The van der Waals surface area contributed by atoms with E-state index in [1.165, 1.54) is 35.4 Å². The fourth-order valence-electron chi connectivity index (χ4n) is 1.27. The van der Waals surface area contributed by atoms with Gasteiger partial charge in [-0.25, -0.2) is 13.8 Å². The number of benzene rings is 1. The zero-order valence-electron chi connectivity index (χ0n) is 7.24. The monoisotopic (exact) mass is 197 g/mol. The Labute approximate surface area is 79.8 Å². The van der Waals surface area contributed by atoms with E-state index in [0.29, 0.717) is 5.69 Å². The van der Waals surface area contributed by atoms with Gasteiger partial charge in [0.25, 0.3) is 0 Å². The molecule has 0 spiro atoms. The third-order valence-electron chi connectivity index (χ3n) is 1.92. The van der Waals surface area contributed by atoms with E-state index in [2.05, 4.69) is 5.43 Å². The lowest BCUT2D eigenvalue weighted by Crippen LogP contribution is -2.37. The number of alkyl halides is 1. The molecule has 1 aromatic rings. The van der Waals surface area contributed by atoms with Crippen LogP contribution in [0.5, 0.6) is 0 Å². The summed E-state index contributed by atoms with van der Waals surface area (Å²) in [7, 11) is 0. The van der Waals surface area contributed by atoms with Crippen molar-refractivity contribution in [3.63, 3.8) is 0 Å². The van der Waals surface area contributed by atoms with Gasteiger partial charge in [0.1, 0.15) is 11.6 Å². The van der Waals surface area contributed by atoms with Gasteiger partial charge < -0.3 is 5.73 Å². The van der Waals surface area contributed by atoms with E-state index in [4.69, 9.17) is 5.73 Å². The van der Waals surface area contributed by atoms with Crippen LogP contribution in [0.15, 0.2) is 36.2 Å². The van der Waals surface area contributed by atoms with Gasteiger partial charge in [0.05, 0.1) is 5.69 Å². The van der Waals surface area contributed by atoms with E-state index >= 15 is 0 Å². The van der Waals surface area contributed by atoms with Gasteiger partial charge in [-0.1, -0.05) is 0 Å². The fraction of sp³-hybridized carbons (Fsp3) is 0.111. The molecule has 0 aromatic heterocycles. The second kappa shape index (κ2) is 3.17. The maximum atomic E-state index is 13.2. The van der Waals surface area contributed by atoms with Crippen molar-refractivity contribution < 1.29 is 8.78 Å². The first-order valence-electron chi connectivity index (χ1n) is 4.09. The lowest BCUT2D eigenvalue weighted by molar-refractivity contribution is 0.383. The Morgan fingerprint density at radius 2 is 1.93 bits per heavy atom. The maximum Gasteiger partial charge on any atom is 0.212 e. The standard InChI is InChI=1S/C9H9F2N3/c10-6-1-3-7(4-2-6)14-8(11)5-9(12)13-14/h1-5,8,13H,12H2. The Morgan fingerprint density at radius 1 is 1.29 bits per heavy atom. The highest BCUT2D eigenvalue weighted by Crippen LogP contribution is 2.20. The highest BCUT2D eigenvalue weighted by molar-refractivity contribution is 5.48. The highest BCUT2D eigenvalue weighted by Gasteiger charge is 2.22. The summed E-state index contributed by atoms with van der Waals surface area (Å²) in [5, 5.41) is 1.22. The van der Waals surface area contributed by atoms with E-state index in [9.17, 15) is 8.78 Å². The average Bonchev–Trinajstić information content (AvgIpc) is 2.47. The molecule has 3 nitrogen and oxygen atoms in total. The van der Waals surface area contributed by atoms with Crippen molar-refractivity contribution in [3.05, 3.63) is 42.0 Å². The van der Waals surface area contributed by atoms with E-state index in [1.54, 1.807) is 0 Å².